The maximum absolute atomic E-state index is 13.1. The Hall–Kier alpha value is -2.91. The summed E-state index contributed by atoms with van der Waals surface area (Å²) in [7, 11) is 0. The average Bonchev–Trinajstić information content (AvgIpc) is 3.42. The van der Waals surface area contributed by atoms with Crippen molar-refractivity contribution in [3.05, 3.63) is 35.7 Å². The Balaban J connectivity index is 1.48. The van der Waals surface area contributed by atoms with E-state index in [-0.39, 0.29) is 41.1 Å². The van der Waals surface area contributed by atoms with Crippen LogP contribution < -0.4 is 0 Å². The Labute approximate surface area is 177 Å². The number of likely N-dealkylation sites (tertiary alicyclic amines) is 2. The van der Waals surface area contributed by atoms with Crippen LogP contribution in [0, 0.1) is 5.92 Å². The van der Waals surface area contributed by atoms with Crippen LogP contribution in [0.1, 0.15) is 50.1 Å². The molecule has 2 aliphatic rings. The molecule has 0 saturated carbocycles. The molecule has 7 nitrogen and oxygen atoms in total. The van der Waals surface area contributed by atoms with E-state index in [0.717, 1.165) is 18.6 Å². The lowest BCUT2D eigenvalue weighted by molar-refractivity contribution is -0.141. The zero-order valence-electron chi connectivity index (χ0n) is 17.1. The van der Waals surface area contributed by atoms with Gasteiger partial charge in [-0.15, -0.1) is 0 Å². The molecule has 3 heterocycles. The van der Waals surface area contributed by atoms with Gasteiger partial charge in [-0.1, -0.05) is 17.3 Å². The van der Waals surface area contributed by atoms with Crippen LogP contribution in [0.4, 0.5) is 13.2 Å². The van der Waals surface area contributed by atoms with Gasteiger partial charge in [0.15, 0.2) is 0 Å². The van der Waals surface area contributed by atoms with Crippen LogP contribution >= 0.6 is 0 Å². The number of aromatic nitrogens is 2. The van der Waals surface area contributed by atoms with E-state index in [9.17, 15) is 22.8 Å². The van der Waals surface area contributed by atoms with Crippen LogP contribution in [-0.2, 0) is 15.8 Å². The maximum Gasteiger partial charge on any atom is 0.416 e. The molecule has 2 fully saturated rings. The lowest BCUT2D eigenvalue weighted by Gasteiger charge is -2.33. The summed E-state index contributed by atoms with van der Waals surface area (Å²) >= 11 is 0. The molecule has 1 aromatic carbocycles. The maximum atomic E-state index is 13.1. The van der Waals surface area contributed by atoms with Crippen LogP contribution in [0.25, 0.3) is 11.4 Å². The molecule has 2 aromatic rings. The summed E-state index contributed by atoms with van der Waals surface area (Å²) in [4.78, 5) is 32.4. The summed E-state index contributed by atoms with van der Waals surface area (Å²) in [5.41, 5.74) is -0.580. The predicted molar refractivity (Wildman–Crippen MR) is 103 cm³/mol. The number of amides is 2. The summed E-state index contributed by atoms with van der Waals surface area (Å²) in [6.45, 7) is 3.21. The van der Waals surface area contributed by atoms with Crippen molar-refractivity contribution >= 4 is 11.8 Å². The first-order valence-electron chi connectivity index (χ1n) is 10.3. The first-order valence-corrected chi connectivity index (χ1v) is 10.3. The third-order valence-corrected chi connectivity index (χ3v) is 6.00. The Morgan fingerprint density at radius 2 is 1.87 bits per heavy atom. The summed E-state index contributed by atoms with van der Waals surface area (Å²) < 4.78 is 44.3. The summed E-state index contributed by atoms with van der Waals surface area (Å²) in [6.07, 6.45) is -1.80. The van der Waals surface area contributed by atoms with Crippen LogP contribution in [0.2, 0.25) is 0 Å². The van der Waals surface area contributed by atoms with Gasteiger partial charge >= 0.3 is 6.18 Å². The molecule has 1 aromatic heterocycles. The first kappa shape index (κ1) is 21.3. The van der Waals surface area contributed by atoms with E-state index in [1.165, 1.54) is 19.1 Å². The lowest BCUT2D eigenvalue weighted by atomic mass is 9.95. The van der Waals surface area contributed by atoms with Gasteiger partial charge in [0, 0.05) is 38.0 Å². The number of carbonyl (C=O) groups excluding carboxylic acids is 2. The van der Waals surface area contributed by atoms with Crippen LogP contribution in [0.3, 0.4) is 0 Å². The average molecular weight is 436 g/mol. The molecule has 4 rings (SSSR count). The second-order valence-corrected chi connectivity index (χ2v) is 8.00. The quantitative estimate of drug-likeness (QED) is 0.734. The van der Waals surface area contributed by atoms with E-state index < -0.39 is 11.7 Å². The summed E-state index contributed by atoms with van der Waals surface area (Å²) in [5.74, 6) is 0.152. The van der Waals surface area contributed by atoms with Gasteiger partial charge in [-0.3, -0.25) is 9.59 Å². The van der Waals surface area contributed by atoms with E-state index in [2.05, 4.69) is 10.1 Å². The molecule has 166 valence electrons. The number of rotatable bonds is 3. The minimum Gasteiger partial charge on any atom is -0.343 e. The van der Waals surface area contributed by atoms with Gasteiger partial charge in [0.05, 0.1) is 5.56 Å². The fourth-order valence-electron chi connectivity index (χ4n) is 4.29. The molecular weight excluding hydrogens is 413 g/mol. The number of hydrogen-bond acceptors (Lipinski definition) is 5. The number of alkyl halides is 3. The second-order valence-electron chi connectivity index (χ2n) is 8.00. The van der Waals surface area contributed by atoms with Gasteiger partial charge in [0.1, 0.15) is 6.04 Å². The molecule has 2 amide bonds. The van der Waals surface area contributed by atoms with Crippen molar-refractivity contribution in [1.82, 2.24) is 19.9 Å². The highest BCUT2D eigenvalue weighted by atomic mass is 19.4. The standard InChI is InChI=1S/C21H23F3N4O3/c1-13(29)27-10-7-14(8-11-27)20(30)28-9-3-6-17(28)19-25-18(26-31-19)15-4-2-5-16(12-15)21(22,23)24/h2,4-5,12,14,17H,3,6-11H2,1H3/t17-/m1/s1. The Kier molecular flexibility index (Phi) is 5.72. The van der Waals surface area contributed by atoms with Crippen molar-refractivity contribution in [2.24, 2.45) is 5.92 Å². The molecule has 10 heteroatoms. The fourth-order valence-corrected chi connectivity index (χ4v) is 4.29. The minimum absolute atomic E-state index is 0.00419. The predicted octanol–water partition coefficient (Wildman–Crippen LogP) is 3.68. The fraction of sp³-hybridized carbons (Fsp3) is 0.524. The van der Waals surface area contributed by atoms with Crippen molar-refractivity contribution in [2.75, 3.05) is 19.6 Å². The number of nitrogens with zero attached hydrogens (tertiary/aromatic N) is 4. The van der Waals surface area contributed by atoms with E-state index in [1.54, 1.807) is 9.80 Å². The largest absolute Gasteiger partial charge is 0.416 e. The second kappa shape index (κ2) is 8.32. The monoisotopic (exact) mass is 436 g/mol. The third-order valence-electron chi connectivity index (χ3n) is 6.00. The van der Waals surface area contributed by atoms with Gasteiger partial charge < -0.3 is 14.3 Å². The molecule has 2 aliphatic heterocycles. The summed E-state index contributed by atoms with van der Waals surface area (Å²) in [6, 6.07) is 4.37. The zero-order valence-corrected chi connectivity index (χ0v) is 17.1. The topological polar surface area (TPSA) is 79.5 Å². The molecule has 31 heavy (non-hydrogen) atoms. The number of hydrogen-bond donors (Lipinski definition) is 0. The minimum atomic E-state index is -4.46. The van der Waals surface area contributed by atoms with Crippen molar-refractivity contribution in [1.29, 1.82) is 0 Å². The molecule has 0 radical (unpaired) electrons. The zero-order chi connectivity index (χ0) is 22.2. The number of piperidine rings is 1. The van der Waals surface area contributed by atoms with Crippen LogP contribution in [0.5, 0.6) is 0 Å². The van der Waals surface area contributed by atoms with Gasteiger partial charge in [-0.2, -0.15) is 18.2 Å². The molecule has 0 aliphatic carbocycles. The van der Waals surface area contributed by atoms with E-state index in [0.29, 0.717) is 38.9 Å². The highest BCUT2D eigenvalue weighted by molar-refractivity contribution is 5.80. The normalized spacial score (nSPS) is 20.3. The molecule has 0 spiro atoms. The molecular formula is C21H23F3N4O3. The van der Waals surface area contributed by atoms with Gasteiger partial charge in [-0.05, 0) is 37.8 Å². The van der Waals surface area contributed by atoms with E-state index in [1.807, 2.05) is 0 Å². The molecule has 2 saturated heterocycles. The molecule has 0 N–H and O–H groups in total. The van der Waals surface area contributed by atoms with Gasteiger partial charge in [0.25, 0.3) is 0 Å². The van der Waals surface area contributed by atoms with Crippen molar-refractivity contribution < 1.29 is 27.3 Å². The SMILES string of the molecule is CC(=O)N1CCC(C(=O)N2CCC[C@@H]2c2nc(-c3cccc(C(F)(F)F)c3)no2)CC1. The van der Waals surface area contributed by atoms with Gasteiger partial charge in [-0.25, -0.2) is 0 Å². The Morgan fingerprint density at radius 1 is 1.13 bits per heavy atom. The lowest BCUT2D eigenvalue weighted by Crippen LogP contribution is -2.43. The highest BCUT2D eigenvalue weighted by Gasteiger charge is 2.38. The van der Waals surface area contributed by atoms with Crippen molar-refractivity contribution in [2.45, 2.75) is 44.8 Å². The van der Waals surface area contributed by atoms with E-state index >= 15 is 0 Å². The van der Waals surface area contributed by atoms with Crippen LogP contribution in [0.15, 0.2) is 28.8 Å². The smallest absolute Gasteiger partial charge is 0.343 e. The number of benzene rings is 1. The molecule has 0 bridgehead atoms. The van der Waals surface area contributed by atoms with E-state index in [4.69, 9.17) is 4.52 Å². The van der Waals surface area contributed by atoms with Crippen molar-refractivity contribution in [3.8, 4) is 11.4 Å². The van der Waals surface area contributed by atoms with Gasteiger partial charge in [0.2, 0.25) is 23.5 Å². The van der Waals surface area contributed by atoms with Crippen LogP contribution in [-0.4, -0.2) is 51.4 Å². The summed E-state index contributed by atoms with van der Waals surface area (Å²) in [5, 5.41) is 3.85. The number of carbonyl (C=O) groups is 2. The molecule has 1 atom stereocenters. The molecule has 0 unspecified atom stereocenters. The Morgan fingerprint density at radius 3 is 2.55 bits per heavy atom. The number of halogens is 3. The first-order chi connectivity index (χ1) is 14.7. The Bertz CT molecular complexity index is 967. The third kappa shape index (κ3) is 4.42. The van der Waals surface area contributed by atoms with Crippen molar-refractivity contribution in [3.63, 3.8) is 0 Å². The highest BCUT2D eigenvalue weighted by Crippen LogP contribution is 2.36.